The molecule has 5 heteroatoms. The van der Waals surface area contributed by atoms with Crippen LogP contribution in [0.15, 0.2) is 206 Å². The fraction of sp³-hybridized carbons (Fsp3) is 0. The molecule has 3 aromatic heterocycles. The van der Waals surface area contributed by atoms with Crippen molar-refractivity contribution >= 4 is 129 Å². The summed E-state index contributed by atoms with van der Waals surface area (Å²) in [6.07, 6.45) is 0. The molecule has 0 aliphatic heterocycles. The lowest BCUT2D eigenvalue weighted by Crippen LogP contribution is -2.10. The minimum absolute atomic E-state index is 1.14. The van der Waals surface area contributed by atoms with Crippen LogP contribution in [-0.2, 0) is 0 Å². The average Bonchev–Trinajstić information content (AvgIpc) is 3.99. The van der Waals surface area contributed by atoms with Gasteiger partial charge in [0.2, 0.25) is 0 Å². The van der Waals surface area contributed by atoms with E-state index in [4.69, 9.17) is 0 Å². The first-order valence-electron chi connectivity index (χ1n) is 19.8. The summed E-state index contributed by atoms with van der Waals surface area (Å²) in [4.78, 5) is 4.85. The normalized spacial score (nSPS) is 11.7. The van der Waals surface area contributed by atoms with E-state index >= 15 is 0 Å². The lowest BCUT2D eigenvalue weighted by Gasteiger charge is -2.27. The van der Waals surface area contributed by atoms with Crippen molar-refractivity contribution in [2.24, 2.45) is 0 Å². The van der Waals surface area contributed by atoms with Crippen molar-refractivity contribution in [3.8, 4) is 11.1 Å². The fourth-order valence-electron chi connectivity index (χ4n) is 8.83. The van der Waals surface area contributed by atoms with Crippen LogP contribution in [0.5, 0.6) is 0 Å². The van der Waals surface area contributed by atoms with Gasteiger partial charge < -0.3 is 9.80 Å². The summed E-state index contributed by atoms with van der Waals surface area (Å²) in [5.41, 5.74) is 9.39. The molecular weight excluding hydrogens is 773 g/mol. The molecule has 0 aliphatic carbocycles. The topological polar surface area (TPSA) is 6.48 Å². The van der Waals surface area contributed by atoms with Gasteiger partial charge in [0.25, 0.3) is 0 Å². The van der Waals surface area contributed by atoms with Gasteiger partial charge in [-0.05, 0) is 102 Å². The highest BCUT2D eigenvalue weighted by atomic mass is 32.1. The first-order chi connectivity index (χ1) is 29.3. The molecule has 0 atom stereocenters. The number of hydrogen-bond acceptors (Lipinski definition) is 5. The molecular formula is C54H34N2S3. The minimum Gasteiger partial charge on any atom is -0.310 e. The number of anilines is 6. The zero-order chi connectivity index (χ0) is 38.9. The van der Waals surface area contributed by atoms with E-state index in [1.807, 2.05) is 34.0 Å². The standard InChI is InChI=1S/C54H34N2S3/c1-4-15-36(16-5-1)55(37-17-6-2-7-18-37)45-23-14-26-50-52(45)44-33-35(27-32-49(44)57-50)40-30-31-46(53-43-22-11-13-25-48(43)59-54(40)53)56(38-19-8-3-9-20-38)39-28-29-42-41-21-10-12-24-47(41)58-51(42)34-39/h1-34H. The Balaban J connectivity index is 1.08. The van der Waals surface area contributed by atoms with E-state index < -0.39 is 0 Å². The van der Waals surface area contributed by atoms with Crippen LogP contribution in [0.4, 0.5) is 34.1 Å². The molecule has 12 rings (SSSR count). The van der Waals surface area contributed by atoms with Crippen molar-refractivity contribution in [3.05, 3.63) is 206 Å². The van der Waals surface area contributed by atoms with Crippen LogP contribution < -0.4 is 9.80 Å². The second-order valence-electron chi connectivity index (χ2n) is 14.9. The van der Waals surface area contributed by atoms with Crippen LogP contribution in [0, 0.1) is 0 Å². The molecule has 12 aromatic rings. The zero-order valence-corrected chi connectivity index (χ0v) is 34.2. The zero-order valence-electron chi connectivity index (χ0n) is 31.7. The molecule has 0 spiro atoms. The Labute approximate surface area is 353 Å². The second-order valence-corrected chi connectivity index (χ2v) is 18.1. The molecule has 0 amide bonds. The van der Waals surface area contributed by atoms with Crippen LogP contribution >= 0.6 is 34.0 Å². The molecule has 0 unspecified atom stereocenters. The molecule has 0 radical (unpaired) electrons. The van der Waals surface area contributed by atoms with Crippen molar-refractivity contribution in [2.75, 3.05) is 9.80 Å². The Morgan fingerprint density at radius 3 is 1.54 bits per heavy atom. The van der Waals surface area contributed by atoms with Gasteiger partial charge in [-0.1, -0.05) is 115 Å². The summed E-state index contributed by atoms with van der Waals surface area (Å²) in [7, 11) is 0. The van der Waals surface area contributed by atoms with Crippen LogP contribution in [0.3, 0.4) is 0 Å². The first-order valence-corrected chi connectivity index (χ1v) is 22.3. The predicted octanol–water partition coefficient (Wildman–Crippen LogP) is 17.4. The van der Waals surface area contributed by atoms with Crippen LogP contribution in [0.25, 0.3) is 71.6 Å². The highest BCUT2D eigenvalue weighted by molar-refractivity contribution is 7.27. The van der Waals surface area contributed by atoms with Gasteiger partial charge in [-0.25, -0.2) is 0 Å². The van der Waals surface area contributed by atoms with Gasteiger partial charge >= 0.3 is 0 Å². The summed E-state index contributed by atoms with van der Waals surface area (Å²) in [5.74, 6) is 0. The maximum atomic E-state index is 2.46. The van der Waals surface area contributed by atoms with Crippen LogP contribution in [-0.4, -0.2) is 0 Å². The van der Waals surface area contributed by atoms with Gasteiger partial charge in [0.15, 0.2) is 0 Å². The summed E-state index contributed by atoms with van der Waals surface area (Å²) >= 11 is 5.63. The molecule has 0 N–H and O–H groups in total. The maximum Gasteiger partial charge on any atom is 0.0555 e. The van der Waals surface area contributed by atoms with E-state index in [9.17, 15) is 0 Å². The number of thiophene rings is 3. The molecule has 0 saturated heterocycles. The number of fused-ring (bicyclic) bond motifs is 9. The van der Waals surface area contributed by atoms with Gasteiger partial charge in [0.1, 0.15) is 0 Å². The average molecular weight is 807 g/mol. The van der Waals surface area contributed by atoms with Crippen molar-refractivity contribution in [2.45, 2.75) is 0 Å². The van der Waals surface area contributed by atoms with Crippen molar-refractivity contribution in [3.63, 3.8) is 0 Å². The van der Waals surface area contributed by atoms with Gasteiger partial charge in [-0.15, -0.1) is 34.0 Å². The fourth-order valence-corrected chi connectivity index (χ4v) is 12.3. The number of nitrogens with zero attached hydrogens (tertiary/aromatic N) is 2. The van der Waals surface area contributed by atoms with Crippen LogP contribution in [0.1, 0.15) is 0 Å². The lowest BCUT2D eigenvalue weighted by atomic mass is 9.98. The first kappa shape index (κ1) is 34.3. The van der Waals surface area contributed by atoms with Gasteiger partial charge in [-0.2, -0.15) is 0 Å². The quantitative estimate of drug-likeness (QED) is 0.158. The molecule has 0 saturated carbocycles. The highest BCUT2D eigenvalue weighted by Gasteiger charge is 2.23. The summed E-state index contributed by atoms with van der Waals surface area (Å²) in [5, 5.41) is 7.72. The molecule has 9 aromatic carbocycles. The molecule has 0 bridgehead atoms. The molecule has 0 aliphatic rings. The van der Waals surface area contributed by atoms with Crippen LogP contribution in [0.2, 0.25) is 0 Å². The predicted molar refractivity (Wildman–Crippen MR) is 260 cm³/mol. The van der Waals surface area contributed by atoms with E-state index in [1.165, 1.54) is 83.0 Å². The van der Waals surface area contributed by atoms with E-state index in [0.29, 0.717) is 0 Å². The summed E-state index contributed by atoms with van der Waals surface area (Å²) in [6, 6.07) is 75.5. The van der Waals surface area contributed by atoms with E-state index in [1.54, 1.807) is 0 Å². The third kappa shape index (κ3) is 5.65. The number of benzene rings is 9. The molecule has 2 nitrogen and oxygen atoms in total. The summed E-state index contributed by atoms with van der Waals surface area (Å²) in [6.45, 7) is 0. The van der Waals surface area contributed by atoms with E-state index in [2.05, 4.69) is 216 Å². The Morgan fingerprint density at radius 2 is 0.831 bits per heavy atom. The number of hydrogen-bond donors (Lipinski definition) is 0. The second kappa shape index (κ2) is 14.0. The van der Waals surface area contributed by atoms with E-state index in [0.717, 1.165) is 22.7 Å². The third-order valence-electron chi connectivity index (χ3n) is 11.4. The summed E-state index contributed by atoms with van der Waals surface area (Å²) < 4.78 is 7.76. The van der Waals surface area contributed by atoms with Gasteiger partial charge in [0.05, 0.1) is 11.4 Å². The highest BCUT2D eigenvalue weighted by Crippen LogP contribution is 2.51. The van der Waals surface area contributed by atoms with Gasteiger partial charge in [-0.3, -0.25) is 0 Å². The Morgan fingerprint density at radius 1 is 0.288 bits per heavy atom. The van der Waals surface area contributed by atoms with Crippen molar-refractivity contribution < 1.29 is 0 Å². The SMILES string of the molecule is c1ccc(N(c2ccccc2)c2cccc3sc4ccc(-c5ccc(N(c6ccccc6)c6ccc7c(c6)sc6ccccc67)c6c5sc5ccccc56)cc4c23)cc1. The molecule has 0 fully saturated rings. The van der Waals surface area contributed by atoms with Crippen molar-refractivity contribution in [1.82, 2.24) is 0 Å². The maximum absolute atomic E-state index is 2.46. The smallest absolute Gasteiger partial charge is 0.0555 e. The monoisotopic (exact) mass is 806 g/mol. The molecule has 278 valence electrons. The number of para-hydroxylation sites is 3. The van der Waals surface area contributed by atoms with E-state index in [-0.39, 0.29) is 0 Å². The Hall–Kier alpha value is -6.76. The minimum atomic E-state index is 1.14. The Bertz CT molecular complexity index is 3470. The largest absolute Gasteiger partial charge is 0.310 e. The number of rotatable bonds is 7. The van der Waals surface area contributed by atoms with Crippen molar-refractivity contribution in [1.29, 1.82) is 0 Å². The lowest BCUT2D eigenvalue weighted by molar-refractivity contribution is 1.30. The molecule has 3 heterocycles. The molecule has 59 heavy (non-hydrogen) atoms. The Kier molecular flexibility index (Phi) is 8.12. The third-order valence-corrected chi connectivity index (χ3v) is 14.9. The van der Waals surface area contributed by atoms with Gasteiger partial charge in [0, 0.05) is 83.3 Å².